The molecule has 0 N–H and O–H groups in total. The molecule has 0 saturated heterocycles. The Bertz CT molecular complexity index is 3660. The number of hydrogen-bond acceptors (Lipinski definition) is 6. The Hall–Kier alpha value is -8.22. The fourth-order valence-electron chi connectivity index (χ4n) is 10.7. The van der Waals surface area contributed by atoms with Crippen molar-refractivity contribution >= 4 is 67.1 Å². The van der Waals surface area contributed by atoms with E-state index in [4.69, 9.17) is 18.8 Å². The van der Waals surface area contributed by atoms with Gasteiger partial charge in [-0.3, -0.25) is 0 Å². The number of benzene rings is 9. The van der Waals surface area contributed by atoms with E-state index in [2.05, 4.69) is 183 Å². The van der Waals surface area contributed by atoms with Crippen molar-refractivity contribution in [1.82, 2.24) is 9.97 Å². The summed E-state index contributed by atoms with van der Waals surface area (Å²) in [5.41, 5.74) is 18.9. The van der Waals surface area contributed by atoms with Gasteiger partial charge in [-0.2, -0.15) is 0 Å². The van der Waals surface area contributed by atoms with Crippen LogP contribution in [0.15, 0.2) is 203 Å². The average Bonchev–Trinajstić information content (AvgIpc) is 4.05. The number of hydrogen-bond donors (Lipinski definition) is 0. The maximum Gasteiger partial charge on any atom is 0.227 e. The Labute approximate surface area is 383 Å². The van der Waals surface area contributed by atoms with Gasteiger partial charge in [-0.25, -0.2) is 9.97 Å². The van der Waals surface area contributed by atoms with Crippen LogP contribution in [-0.2, 0) is 10.8 Å². The molecule has 9 aromatic carbocycles. The van der Waals surface area contributed by atoms with E-state index in [1.807, 2.05) is 48.5 Å². The second-order valence-corrected chi connectivity index (χ2v) is 18.6. The molecule has 2 aromatic heterocycles. The third kappa shape index (κ3) is 5.67. The van der Waals surface area contributed by atoms with E-state index in [1.54, 1.807) is 0 Å². The maximum atomic E-state index is 6.33. The van der Waals surface area contributed by atoms with Gasteiger partial charge >= 0.3 is 0 Å². The predicted octanol–water partition coefficient (Wildman–Crippen LogP) is 16.3. The van der Waals surface area contributed by atoms with Gasteiger partial charge in [-0.15, -0.1) is 0 Å². The van der Waals surface area contributed by atoms with Gasteiger partial charge in [0.1, 0.15) is 11.0 Å². The predicted molar refractivity (Wildman–Crippen MR) is 269 cm³/mol. The Morgan fingerprint density at radius 1 is 0.409 bits per heavy atom. The second kappa shape index (κ2) is 14.1. The summed E-state index contributed by atoms with van der Waals surface area (Å²) in [5, 5.41) is 2.45. The van der Waals surface area contributed by atoms with Crippen LogP contribution < -0.4 is 9.80 Å². The number of para-hydroxylation sites is 6. The molecule has 0 spiro atoms. The third-order valence-electron chi connectivity index (χ3n) is 14.1. The molecule has 1 aliphatic heterocycles. The van der Waals surface area contributed by atoms with Crippen molar-refractivity contribution in [3.63, 3.8) is 0 Å². The molecule has 0 bridgehead atoms. The molecule has 0 unspecified atom stereocenters. The standard InChI is InChI=1S/C60H44N4O2/c1-59(2)45-20-10-13-23-51(45)64(52-33-28-38(34-47(52)59)58-62-50-22-12-15-25-55(50)66-58)53-36-48-56(43-19-9-8-18-42(43)53)44-32-31-41(35-46(44)60(48,3)4)63(39-16-6-5-7-17-39)40-29-26-37(27-30-40)57-61-49-21-11-14-24-54(49)65-57/h5-36H,1-4H3. The van der Waals surface area contributed by atoms with E-state index in [0.717, 1.165) is 61.8 Å². The van der Waals surface area contributed by atoms with Gasteiger partial charge in [0.2, 0.25) is 11.8 Å². The van der Waals surface area contributed by atoms with Crippen molar-refractivity contribution in [1.29, 1.82) is 0 Å². The fourth-order valence-corrected chi connectivity index (χ4v) is 10.7. The SMILES string of the molecule is CC1(C)c2ccccc2N(c2cc3c(c4ccccc24)-c2ccc(N(c4ccccc4)c4ccc(-c5nc6ccccc6o5)cc4)cc2C3(C)C)c2ccc(-c3nc4ccccc4o3)cc21. The number of fused-ring (bicyclic) bond motifs is 9. The summed E-state index contributed by atoms with van der Waals surface area (Å²) in [6.45, 7) is 9.44. The highest BCUT2D eigenvalue weighted by molar-refractivity contribution is 6.11. The van der Waals surface area contributed by atoms with Crippen LogP contribution in [0.4, 0.5) is 34.1 Å². The highest BCUT2D eigenvalue weighted by Gasteiger charge is 2.41. The molecule has 13 rings (SSSR count). The molecule has 6 heteroatoms. The molecule has 11 aromatic rings. The topological polar surface area (TPSA) is 58.5 Å². The van der Waals surface area contributed by atoms with Crippen LogP contribution in [0.25, 0.3) is 67.0 Å². The number of oxazole rings is 2. The van der Waals surface area contributed by atoms with Gasteiger partial charge in [-0.05, 0) is 142 Å². The van der Waals surface area contributed by atoms with E-state index in [1.165, 1.54) is 49.8 Å². The summed E-state index contributed by atoms with van der Waals surface area (Å²) in [6.07, 6.45) is 0. The Balaban J connectivity index is 0.948. The van der Waals surface area contributed by atoms with Crippen LogP contribution in [-0.4, -0.2) is 9.97 Å². The average molecular weight is 853 g/mol. The molecule has 316 valence electrons. The van der Waals surface area contributed by atoms with Crippen molar-refractivity contribution in [2.24, 2.45) is 0 Å². The number of anilines is 6. The summed E-state index contributed by atoms with van der Waals surface area (Å²) >= 11 is 0. The minimum atomic E-state index is -0.327. The van der Waals surface area contributed by atoms with Gasteiger partial charge in [0.25, 0.3) is 0 Å². The monoisotopic (exact) mass is 852 g/mol. The molecule has 0 amide bonds. The highest BCUT2D eigenvalue weighted by atomic mass is 16.4. The van der Waals surface area contributed by atoms with Gasteiger partial charge in [0.15, 0.2) is 11.2 Å². The first-order valence-electron chi connectivity index (χ1n) is 22.6. The third-order valence-corrected chi connectivity index (χ3v) is 14.1. The van der Waals surface area contributed by atoms with Crippen molar-refractivity contribution in [2.45, 2.75) is 38.5 Å². The molecule has 66 heavy (non-hydrogen) atoms. The summed E-state index contributed by atoms with van der Waals surface area (Å²) in [4.78, 5) is 14.5. The first kappa shape index (κ1) is 38.3. The van der Waals surface area contributed by atoms with Gasteiger partial charge < -0.3 is 18.6 Å². The van der Waals surface area contributed by atoms with Crippen LogP contribution in [0.3, 0.4) is 0 Å². The van der Waals surface area contributed by atoms with Crippen molar-refractivity contribution in [3.8, 4) is 34.0 Å². The summed E-state index contributed by atoms with van der Waals surface area (Å²) in [5.74, 6) is 1.24. The van der Waals surface area contributed by atoms with Crippen LogP contribution in [0.2, 0.25) is 0 Å². The van der Waals surface area contributed by atoms with E-state index in [0.29, 0.717) is 11.8 Å². The van der Waals surface area contributed by atoms with Crippen LogP contribution in [0.5, 0.6) is 0 Å². The smallest absolute Gasteiger partial charge is 0.227 e. The summed E-state index contributed by atoms with van der Waals surface area (Å²) < 4.78 is 12.5. The van der Waals surface area contributed by atoms with Crippen molar-refractivity contribution in [3.05, 3.63) is 216 Å². The van der Waals surface area contributed by atoms with E-state index >= 15 is 0 Å². The van der Waals surface area contributed by atoms with E-state index < -0.39 is 0 Å². The summed E-state index contributed by atoms with van der Waals surface area (Å²) in [6, 6.07) is 69.1. The van der Waals surface area contributed by atoms with Gasteiger partial charge in [0, 0.05) is 44.4 Å². The lowest BCUT2D eigenvalue weighted by atomic mass is 9.73. The molecule has 0 saturated carbocycles. The number of nitrogens with zero attached hydrogens (tertiary/aromatic N) is 4. The quantitative estimate of drug-likeness (QED) is 0.166. The normalized spacial score (nSPS) is 14.3. The molecule has 3 heterocycles. The molecular formula is C60H44N4O2. The first-order chi connectivity index (χ1) is 32.2. The van der Waals surface area contributed by atoms with E-state index in [9.17, 15) is 0 Å². The molecule has 1 aliphatic carbocycles. The van der Waals surface area contributed by atoms with Gasteiger partial charge in [-0.1, -0.05) is 119 Å². The van der Waals surface area contributed by atoms with E-state index in [-0.39, 0.29) is 10.8 Å². The Morgan fingerprint density at radius 2 is 0.970 bits per heavy atom. The Morgan fingerprint density at radius 3 is 1.70 bits per heavy atom. The summed E-state index contributed by atoms with van der Waals surface area (Å²) in [7, 11) is 0. The Kier molecular flexibility index (Phi) is 8.20. The first-order valence-corrected chi connectivity index (χ1v) is 22.6. The highest BCUT2D eigenvalue weighted by Crippen LogP contribution is 2.58. The zero-order chi connectivity index (χ0) is 44.3. The van der Waals surface area contributed by atoms with Gasteiger partial charge in [0.05, 0.1) is 17.1 Å². The van der Waals surface area contributed by atoms with Crippen molar-refractivity contribution in [2.75, 3.05) is 9.80 Å². The molecule has 0 atom stereocenters. The molecular weight excluding hydrogens is 809 g/mol. The van der Waals surface area contributed by atoms with Crippen molar-refractivity contribution < 1.29 is 8.83 Å². The molecule has 2 aliphatic rings. The molecule has 0 radical (unpaired) electrons. The lowest BCUT2D eigenvalue weighted by Gasteiger charge is -2.42. The minimum Gasteiger partial charge on any atom is -0.436 e. The lowest BCUT2D eigenvalue weighted by molar-refractivity contribution is 0.615. The van der Waals surface area contributed by atoms with Crippen LogP contribution in [0, 0.1) is 0 Å². The maximum absolute atomic E-state index is 6.33. The number of aromatic nitrogens is 2. The zero-order valence-electron chi connectivity index (χ0n) is 37.1. The van der Waals surface area contributed by atoms with Crippen LogP contribution >= 0.6 is 0 Å². The lowest BCUT2D eigenvalue weighted by Crippen LogP contribution is -2.31. The second-order valence-electron chi connectivity index (χ2n) is 18.6. The molecule has 6 nitrogen and oxygen atoms in total. The molecule has 0 fully saturated rings. The minimum absolute atomic E-state index is 0.294. The number of rotatable bonds is 6. The fraction of sp³-hybridized carbons (Fsp3) is 0.100. The largest absolute Gasteiger partial charge is 0.436 e. The van der Waals surface area contributed by atoms with Crippen LogP contribution in [0.1, 0.15) is 49.9 Å². The zero-order valence-corrected chi connectivity index (χ0v) is 37.1.